The maximum Gasteiger partial charge on any atom is 0.232 e. The molecule has 1 aliphatic heterocycles. The molecule has 184 valence electrons. The van der Waals surface area contributed by atoms with E-state index in [1.807, 2.05) is 49.4 Å². The monoisotopic (exact) mass is 539 g/mol. The second-order valence-electron chi connectivity index (χ2n) is 9.22. The van der Waals surface area contributed by atoms with E-state index in [1.165, 1.54) is 0 Å². The molecule has 0 radical (unpaired) electrons. The van der Waals surface area contributed by atoms with E-state index in [1.54, 1.807) is 30.2 Å². The Kier molecular flexibility index (Phi) is 6.86. The fraction of sp³-hybridized carbons (Fsp3) is 0.241. The third-order valence-corrected chi connectivity index (χ3v) is 8.01. The Morgan fingerprint density at radius 3 is 2.33 bits per heavy atom. The molecule has 0 bridgehead atoms. The first-order valence-corrected chi connectivity index (χ1v) is 12.8. The molecule has 0 saturated heterocycles. The van der Waals surface area contributed by atoms with Crippen molar-refractivity contribution in [3.8, 4) is 5.75 Å². The standard InChI is InChI=1S/C29H24Cl3NO3/c1-16-10-24(27(36-2)15-22(16)31)33-25-11-18(17-6-4-3-5-7-17)12-26(34)29(25)21(14-28(33)35)20-9-8-19(30)13-23(20)32/h3-10,13,15,18,21H,11-12,14H2,1-2H3. The van der Waals surface area contributed by atoms with Crippen LogP contribution in [0.25, 0.3) is 0 Å². The van der Waals surface area contributed by atoms with Crippen LogP contribution in [0.1, 0.15) is 47.8 Å². The number of methoxy groups -OCH3 is 1. The minimum Gasteiger partial charge on any atom is -0.495 e. The number of allylic oxidation sites excluding steroid dienone is 2. The number of carbonyl (C=O) groups is 2. The number of Topliss-reactive ketones (excluding diaryl/α,β-unsaturated/α-hetero) is 1. The average Bonchev–Trinajstić information content (AvgIpc) is 2.85. The van der Waals surface area contributed by atoms with E-state index in [2.05, 4.69) is 0 Å². The molecule has 1 heterocycles. The van der Waals surface area contributed by atoms with Crippen LogP contribution in [-0.4, -0.2) is 18.8 Å². The van der Waals surface area contributed by atoms with Crippen molar-refractivity contribution >= 4 is 52.2 Å². The van der Waals surface area contributed by atoms with E-state index < -0.39 is 5.92 Å². The summed E-state index contributed by atoms with van der Waals surface area (Å²) in [7, 11) is 1.54. The van der Waals surface area contributed by atoms with Crippen molar-refractivity contribution in [1.82, 2.24) is 0 Å². The smallest absolute Gasteiger partial charge is 0.232 e. The number of aryl methyl sites for hydroxylation is 1. The van der Waals surface area contributed by atoms with Gasteiger partial charge in [-0.05, 0) is 54.2 Å². The van der Waals surface area contributed by atoms with Crippen LogP contribution < -0.4 is 9.64 Å². The van der Waals surface area contributed by atoms with E-state index in [0.29, 0.717) is 50.6 Å². The van der Waals surface area contributed by atoms with Crippen LogP contribution in [-0.2, 0) is 9.59 Å². The predicted molar refractivity (Wildman–Crippen MR) is 144 cm³/mol. The summed E-state index contributed by atoms with van der Waals surface area (Å²) in [6.45, 7) is 1.88. The molecule has 0 fully saturated rings. The number of ether oxygens (including phenoxy) is 1. The molecule has 3 aromatic carbocycles. The Morgan fingerprint density at radius 2 is 1.64 bits per heavy atom. The number of hydrogen-bond acceptors (Lipinski definition) is 3. The molecule has 5 rings (SSSR count). The fourth-order valence-electron chi connectivity index (χ4n) is 5.31. The highest BCUT2D eigenvalue weighted by Crippen LogP contribution is 2.50. The summed E-state index contributed by atoms with van der Waals surface area (Å²) in [6, 6.07) is 18.7. The van der Waals surface area contributed by atoms with E-state index in [9.17, 15) is 9.59 Å². The second kappa shape index (κ2) is 9.93. The van der Waals surface area contributed by atoms with Gasteiger partial charge in [0, 0.05) is 51.2 Å². The van der Waals surface area contributed by atoms with Crippen LogP contribution in [0.4, 0.5) is 5.69 Å². The summed E-state index contributed by atoms with van der Waals surface area (Å²) < 4.78 is 5.62. The first-order chi connectivity index (χ1) is 17.3. The lowest BCUT2D eigenvalue weighted by Gasteiger charge is -2.41. The van der Waals surface area contributed by atoms with E-state index in [0.717, 1.165) is 16.7 Å². The third-order valence-electron chi connectivity index (χ3n) is 7.04. The molecule has 0 saturated carbocycles. The lowest BCUT2D eigenvalue weighted by molar-refractivity contribution is -0.120. The van der Waals surface area contributed by atoms with E-state index in [-0.39, 0.29) is 24.0 Å². The minimum atomic E-state index is -0.447. The zero-order valence-electron chi connectivity index (χ0n) is 19.9. The molecule has 1 amide bonds. The molecule has 0 N–H and O–H groups in total. The molecule has 0 aromatic heterocycles. The molecule has 7 heteroatoms. The molecule has 0 spiro atoms. The minimum absolute atomic E-state index is 0.0169. The van der Waals surface area contributed by atoms with Gasteiger partial charge in [0.2, 0.25) is 5.91 Å². The van der Waals surface area contributed by atoms with Gasteiger partial charge in [-0.25, -0.2) is 0 Å². The Hall–Kier alpha value is -2.79. The Bertz CT molecular complexity index is 1400. The van der Waals surface area contributed by atoms with Gasteiger partial charge in [-0.3, -0.25) is 14.5 Å². The van der Waals surface area contributed by atoms with Crippen LogP contribution in [0.3, 0.4) is 0 Å². The number of anilines is 1. The summed E-state index contributed by atoms with van der Waals surface area (Å²) in [6.07, 6.45) is 0.999. The van der Waals surface area contributed by atoms with Crippen LogP contribution in [0.2, 0.25) is 15.1 Å². The normalized spacial score (nSPS) is 20.0. The lowest BCUT2D eigenvalue weighted by atomic mass is 9.72. The summed E-state index contributed by atoms with van der Waals surface area (Å²) in [5.41, 5.74) is 4.50. The number of halogens is 3. The number of carbonyl (C=O) groups excluding carboxylic acids is 2. The van der Waals surface area contributed by atoms with Crippen LogP contribution in [0.15, 0.2) is 71.9 Å². The molecule has 2 unspecified atom stereocenters. The Balaban J connectivity index is 1.72. The first-order valence-electron chi connectivity index (χ1n) is 11.7. The number of benzene rings is 3. The molecular weight excluding hydrogens is 517 g/mol. The second-order valence-corrected chi connectivity index (χ2v) is 10.5. The van der Waals surface area contributed by atoms with E-state index in [4.69, 9.17) is 39.5 Å². The highest BCUT2D eigenvalue weighted by molar-refractivity contribution is 6.35. The van der Waals surface area contributed by atoms with Crippen molar-refractivity contribution in [1.29, 1.82) is 0 Å². The maximum absolute atomic E-state index is 13.8. The number of nitrogens with zero attached hydrogens (tertiary/aromatic N) is 1. The number of rotatable bonds is 4. The van der Waals surface area contributed by atoms with Gasteiger partial charge in [0.25, 0.3) is 0 Å². The zero-order chi connectivity index (χ0) is 25.6. The van der Waals surface area contributed by atoms with Crippen molar-refractivity contribution in [3.05, 3.63) is 104 Å². The quantitative estimate of drug-likeness (QED) is 0.338. The van der Waals surface area contributed by atoms with Crippen molar-refractivity contribution in [2.45, 2.75) is 38.0 Å². The highest BCUT2D eigenvalue weighted by Gasteiger charge is 2.43. The van der Waals surface area contributed by atoms with Gasteiger partial charge in [-0.2, -0.15) is 0 Å². The number of ketones is 1. The van der Waals surface area contributed by atoms with Crippen molar-refractivity contribution < 1.29 is 14.3 Å². The molecule has 36 heavy (non-hydrogen) atoms. The molecular formula is C29H24Cl3NO3. The highest BCUT2D eigenvalue weighted by atomic mass is 35.5. The zero-order valence-corrected chi connectivity index (χ0v) is 22.1. The molecule has 1 aliphatic carbocycles. The summed E-state index contributed by atoms with van der Waals surface area (Å²) in [5, 5.41) is 1.49. The van der Waals surface area contributed by atoms with Crippen molar-refractivity contribution in [2.24, 2.45) is 0 Å². The van der Waals surface area contributed by atoms with Gasteiger partial charge in [0.1, 0.15) is 5.75 Å². The summed E-state index contributed by atoms with van der Waals surface area (Å²) >= 11 is 19.1. The molecule has 2 aliphatic rings. The van der Waals surface area contributed by atoms with Crippen LogP contribution in [0, 0.1) is 6.92 Å². The average molecular weight is 541 g/mol. The van der Waals surface area contributed by atoms with Crippen LogP contribution >= 0.6 is 34.8 Å². The topological polar surface area (TPSA) is 46.6 Å². The van der Waals surface area contributed by atoms with E-state index >= 15 is 0 Å². The first kappa shape index (κ1) is 24.9. The van der Waals surface area contributed by atoms with Gasteiger partial charge in [-0.15, -0.1) is 0 Å². The number of hydrogen-bond donors (Lipinski definition) is 0. The number of amides is 1. The Labute approximate surface area is 225 Å². The Morgan fingerprint density at radius 1 is 0.889 bits per heavy atom. The lowest BCUT2D eigenvalue weighted by Crippen LogP contribution is -2.42. The molecule has 2 atom stereocenters. The summed E-state index contributed by atoms with van der Waals surface area (Å²) in [4.78, 5) is 29.3. The summed E-state index contributed by atoms with van der Waals surface area (Å²) in [5.74, 6) is -0.138. The van der Waals surface area contributed by atoms with Gasteiger partial charge in [0.05, 0.1) is 12.8 Å². The predicted octanol–water partition coefficient (Wildman–Crippen LogP) is 7.89. The largest absolute Gasteiger partial charge is 0.495 e. The van der Waals surface area contributed by atoms with Gasteiger partial charge in [-0.1, -0.05) is 71.2 Å². The SMILES string of the molecule is COc1cc(Cl)c(C)cc1N1C(=O)CC(c2ccc(Cl)cc2Cl)C2=C1CC(c1ccccc1)CC2=O. The third kappa shape index (κ3) is 4.43. The van der Waals surface area contributed by atoms with Crippen molar-refractivity contribution in [3.63, 3.8) is 0 Å². The fourth-order valence-corrected chi connectivity index (χ4v) is 6.01. The van der Waals surface area contributed by atoms with Gasteiger partial charge < -0.3 is 4.74 Å². The van der Waals surface area contributed by atoms with Crippen molar-refractivity contribution in [2.75, 3.05) is 12.0 Å². The van der Waals surface area contributed by atoms with Gasteiger partial charge >= 0.3 is 0 Å². The molecule has 3 aromatic rings. The van der Waals surface area contributed by atoms with Gasteiger partial charge in [0.15, 0.2) is 5.78 Å². The van der Waals surface area contributed by atoms with Crippen LogP contribution in [0.5, 0.6) is 5.75 Å². The molecule has 4 nitrogen and oxygen atoms in total. The maximum atomic E-state index is 13.8.